The normalized spacial score (nSPS) is 10.3. The topological polar surface area (TPSA) is 57.6 Å². The summed E-state index contributed by atoms with van der Waals surface area (Å²) in [5.74, 6) is -0.105. The highest BCUT2D eigenvalue weighted by Gasteiger charge is 2.16. The number of carboxylic acid groups (broad SMARTS) is 1. The van der Waals surface area contributed by atoms with Gasteiger partial charge in [0.15, 0.2) is 0 Å². The second-order valence-corrected chi connectivity index (χ2v) is 6.04. The van der Waals surface area contributed by atoms with Gasteiger partial charge >= 0.3 is 5.97 Å². The zero-order chi connectivity index (χ0) is 15.1. The summed E-state index contributed by atoms with van der Waals surface area (Å²) in [6.07, 6.45) is 0.510. The van der Waals surface area contributed by atoms with E-state index in [0.717, 1.165) is 10.6 Å². The molecular weight excluding hydrogens is 298 g/mol. The molecule has 0 aliphatic carbocycles. The highest BCUT2D eigenvalue weighted by Crippen LogP contribution is 2.27. The lowest BCUT2D eigenvalue weighted by Crippen LogP contribution is -2.28. The summed E-state index contributed by atoms with van der Waals surface area (Å²) in [5.41, 5.74) is 0.610. The molecule has 4 nitrogen and oxygen atoms in total. The van der Waals surface area contributed by atoms with Gasteiger partial charge in [-0.3, -0.25) is 9.59 Å². The molecule has 6 heteroatoms. The zero-order valence-corrected chi connectivity index (χ0v) is 13.1. The molecule has 1 N–H and O–H groups in total. The van der Waals surface area contributed by atoms with Crippen LogP contribution in [0.25, 0.3) is 0 Å². The number of hydrogen-bond donors (Lipinski definition) is 1. The van der Waals surface area contributed by atoms with E-state index in [0.29, 0.717) is 23.6 Å². The van der Waals surface area contributed by atoms with Gasteiger partial charge in [-0.25, -0.2) is 0 Å². The number of carbonyl (C=O) groups is 2. The molecule has 0 atom stereocenters. The number of halogens is 1. The molecule has 0 bridgehead atoms. The molecule has 0 fully saturated rings. The van der Waals surface area contributed by atoms with Crippen LogP contribution in [-0.2, 0) is 4.79 Å². The van der Waals surface area contributed by atoms with Crippen molar-refractivity contribution in [2.24, 2.45) is 0 Å². The first-order valence-corrected chi connectivity index (χ1v) is 7.71. The Morgan fingerprint density at radius 2 is 2.10 bits per heavy atom. The second-order valence-electron chi connectivity index (χ2n) is 4.30. The maximum absolute atomic E-state index is 12.3. The van der Waals surface area contributed by atoms with Crippen LogP contribution < -0.4 is 0 Å². The van der Waals surface area contributed by atoms with E-state index in [1.165, 1.54) is 0 Å². The molecule has 0 saturated carbocycles. The van der Waals surface area contributed by atoms with Gasteiger partial charge in [0.2, 0.25) is 0 Å². The van der Waals surface area contributed by atoms with Crippen molar-refractivity contribution in [1.29, 1.82) is 0 Å². The molecule has 0 unspecified atom stereocenters. The molecule has 0 saturated heterocycles. The first-order valence-electron chi connectivity index (χ1n) is 6.35. The lowest BCUT2D eigenvalue weighted by atomic mass is 10.2. The van der Waals surface area contributed by atoms with Gasteiger partial charge < -0.3 is 10.0 Å². The zero-order valence-electron chi connectivity index (χ0n) is 11.6. The smallest absolute Gasteiger partial charge is 0.303 e. The molecule has 0 heterocycles. The molecule has 0 aliphatic heterocycles. The van der Waals surface area contributed by atoms with Gasteiger partial charge in [0.25, 0.3) is 5.91 Å². The van der Waals surface area contributed by atoms with E-state index in [2.05, 4.69) is 0 Å². The van der Waals surface area contributed by atoms with Crippen LogP contribution in [0.5, 0.6) is 0 Å². The van der Waals surface area contributed by atoms with Crippen LogP contribution in [0.3, 0.4) is 0 Å². The Hall–Kier alpha value is -1.20. The number of hydrogen-bond acceptors (Lipinski definition) is 3. The van der Waals surface area contributed by atoms with Gasteiger partial charge in [-0.2, -0.15) is 0 Å². The summed E-state index contributed by atoms with van der Waals surface area (Å²) in [6, 6.07) is 5.20. The third kappa shape index (κ3) is 5.06. The van der Waals surface area contributed by atoms with Crippen LogP contribution in [0.4, 0.5) is 0 Å². The van der Waals surface area contributed by atoms with E-state index < -0.39 is 5.97 Å². The summed E-state index contributed by atoms with van der Waals surface area (Å²) >= 11 is 7.52. The summed E-state index contributed by atoms with van der Waals surface area (Å²) in [7, 11) is 1.68. The van der Waals surface area contributed by atoms with Gasteiger partial charge in [-0.05, 0) is 30.4 Å². The Bertz CT molecular complexity index is 493. The maximum atomic E-state index is 12.3. The molecule has 0 spiro atoms. The minimum Gasteiger partial charge on any atom is -0.481 e. The number of carboxylic acids is 1. The fourth-order valence-corrected chi connectivity index (χ4v) is 2.79. The number of aliphatic carboxylic acids is 1. The van der Waals surface area contributed by atoms with Crippen molar-refractivity contribution >= 4 is 35.2 Å². The fourth-order valence-electron chi connectivity index (χ4n) is 1.72. The van der Waals surface area contributed by atoms with E-state index in [9.17, 15) is 9.59 Å². The van der Waals surface area contributed by atoms with Crippen molar-refractivity contribution in [1.82, 2.24) is 4.90 Å². The predicted molar refractivity (Wildman–Crippen MR) is 81.7 cm³/mol. The van der Waals surface area contributed by atoms with Crippen LogP contribution in [0.1, 0.15) is 30.1 Å². The second kappa shape index (κ2) is 8.17. The van der Waals surface area contributed by atoms with Gasteiger partial charge in [-0.15, -0.1) is 11.8 Å². The van der Waals surface area contributed by atoms with Crippen LogP contribution in [-0.4, -0.2) is 41.2 Å². The highest BCUT2D eigenvalue weighted by atomic mass is 35.5. The molecule has 0 radical (unpaired) electrons. The quantitative estimate of drug-likeness (QED) is 0.784. The molecule has 0 aromatic heterocycles. The van der Waals surface area contributed by atoms with Crippen molar-refractivity contribution in [2.75, 3.05) is 19.3 Å². The van der Waals surface area contributed by atoms with E-state index in [-0.39, 0.29) is 12.3 Å². The molecule has 1 amide bonds. The molecule has 1 aromatic rings. The van der Waals surface area contributed by atoms with Gasteiger partial charge in [0.1, 0.15) is 0 Å². The average molecular weight is 316 g/mol. The molecule has 20 heavy (non-hydrogen) atoms. The Balaban J connectivity index is 2.77. The van der Waals surface area contributed by atoms with E-state index in [4.69, 9.17) is 16.7 Å². The lowest BCUT2D eigenvalue weighted by molar-refractivity contribution is -0.137. The molecule has 1 aromatic carbocycles. The summed E-state index contributed by atoms with van der Waals surface area (Å²) in [4.78, 5) is 25.2. The van der Waals surface area contributed by atoms with Crippen LogP contribution in [0, 0.1) is 0 Å². The number of benzene rings is 1. The third-order valence-electron chi connectivity index (χ3n) is 2.70. The third-order valence-corrected chi connectivity index (χ3v) is 3.88. The first kappa shape index (κ1) is 16.9. The van der Waals surface area contributed by atoms with Gasteiger partial charge in [-0.1, -0.05) is 18.5 Å². The van der Waals surface area contributed by atoms with Crippen LogP contribution in [0.15, 0.2) is 23.1 Å². The van der Waals surface area contributed by atoms with E-state index in [1.54, 1.807) is 41.9 Å². The van der Waals surface area contributed by atoms with E-state index >= 15 is 0 Å². The molecular formula is C14H18ClNO3S. The largest absolute Gasteiger partial charge is 0.481 e. The molecule has 0 aliphatic rings. The predicted octanol–water partition coefficient (Wildman–Crippen LogP) is 3.39. The van der Waals surface area contributed by atoms with Crippen molar-refractivity contribution in [3.05, 3.63) is 28.8 Å². The Labute approximate surface area is 128 Å². The number of amides is 1. The number of nitrogens with zero attached hydrogens (tertiary/aromatic N) is 1. The number of thioether (sulfide) groups is 1. The maximum Gasteiger partial charge on any atom is 0.303 e. The standard InChI is InChI=1S/C14H18ClNO3S/c1-3-20-12-9-10(15)6-7-11(12)14(19)16(2)8-4-5-13(17)18/h6-7,9H,3-5,8H2,1-2H3,(H,17,18). The van der Waals surface area contributed by atoms with Gasteiger partial charge in [0, 0.05) is 29.9 Å². The number of rotatable bonds is 7. The Morgan fingerprint density at radius 3 is 2.70 bits per heavy atom. The minimum absolute atomic E-state index is 0.0643. The first-order chi connectivity index (χ1) is 9.45. The van der Waals surface area contributed by atoms with Crippen LogP contribution in [0.2, 0.25) is 5.02 Å². The van der Waals surface area contributed by atoms with Crippen molar-refractivity contribution < 1.29 is 14.7 Å². The highest BCUT2D eigenvalue weighted by molar-refractivity contribution is 7.99. The van der Waals surface area contributed by atoms with Crippen LogP contribution >= 0.6 is 23.4 Å². The fraction of sp³-hybridized carbons (Fsp3) is 0.429. The van der Waals surface area contributed by atoms with Crippen molar-refractivity contribution in [3.63, 3.8) is 0 Å². The SMILES string of the molecule is CCSc1cc(Cl)ccc1C(=O)N(C)CCCC(=O)O. The van der Waals surface area contributed by atoms with E-state index in [1.807, 2.05) is 6.92 Å². The number of carbonyl (C=O) groups excluding carboxylic acids is 1. The average Bonchev–Trinajstić information content (AvgIpc) is 2.38. The summed E-state index contributed by atoms with van der Waals surface area (Å²) in [5, 5.41) is 9.21. The summed E-state index contributed by atoms with van der Waals surface area (Å²) in [6.45, 7) is 2.43. The van der Waals surface area contributed by atoms with Crippen molar-refractivity contribution in [2.45, 2.75) is 24.7 Å². The Morgan fingerprint density at radius 1 is 1.40 bits per heavy atom. The summed E-state index contributed by atoms with van der Waals surface area (Å²) < 4.78 is 0. The lowest BCUT2D eigenvalue weighted by Gasteiger charge is -2.18. The molecule has 110 valence electrons. The van der Waals surface area contributed by atoms with Gasteiger partial charge in [0.05, 0.1) is 5.56 Å². The Kier molecular flexibility index (Phi) is 6.88. The molecule has 1 rings (SSSR count). The minimum atomic E-state index is -0.848. The monoisotopic (exact) mass is 315 g/mol. The van der Waals surface area contributed by atoms with Crippen molar-refractivity contribution in [3.8, 4) is 0 Å².